The second-order valence-electron chi connectivity index (χ2n) is 8.06. The van der Waals surface area contributed by atoms with Crippen molar-refractivity contribution in [2.24, 2.45) is 5.92 Å². The summed E-state index contributed by atoms with van der Waals surface area (Å²) in [5, 5.41) is 4.94. The van der Waals surface area contributed by atoms with E-state index in [2.05, 4.69) is 48.2 Å². The van der Waals surface area contributed by atoms with Crippen LogP contribution in [0.2, 0.25) is 0 Å². The zero-order valence-corrected chi connectivity index (χ0v) is 17.5. The molecular weight excluding hydrogens is 372 g/mol. The first kappa shape index (κ1) is 18.7. The molecule has 1 aliphatic heterocycles. The highest BCUT2D eigenvalue weighted by Crippen LogP contribution is 2.30. The fourth-order valence-electron chi connectivity index (χ4n) is 4.08. The third-order valence-corrected chi connectivity index (χ3v) is 5.97. The molecule has 0 aliphatic carbocycles. The van der Waals surface area contributed by atoms with Gasteiger partial charge in [0.2, 0.25) is 0 Å². The van der Waals surface area contributed by atoms with Crippen LogP contribution in [0.4, 0.5) is 5.82 Å². The average molecular weight is 399 g/mol. The van der Waals surface area contributed by atoms with E-state index in [9.17, 15) is 0 Å². The third-order valence-electron chi connectivity index (χ3n) is 5.97. The predicted octanol–water partition coefficient (Wildman–Crippen LogP) is 5.31. The monoisotopic (exact) mass is 398 g/mol. The molecule has 2 aromatic carbocycles. The molecule has 5 rings (SSSR count). The quantitative estimate of drug-likeness (QED) is 0.467. The summed E-state index contributed by atoms with van der Waals surface area (Å²) in [6, 6.07) is 22.7. The Morgan fingerprint density at radius 1 is 0.867 bits per heavy atom. The topological polar surface area (TPSA) is 42.7 Å². The van der Waals surface area contributed by atoms with Crippen LogP contribution in [-0.2, 0) is 0 Å². The second kappa shape index (κ2) is 7.82. The second-order valence-corrected chi connectivity index (χ2v) is 8.06. The summed E-state index contributed by atoms with van der Waals surface area (Å²) in [5.41, 5.74) is 4.95. The molecule has 4 aromatic rings. The highest BCUT2D eigenvalue weighted by molar-refractivity contribution is 5.71. The van der Waals surface area contributed by atoms with E-state index in [1.54, 1.807) is 7.11 Å². The van der Waals surface area contributed by atoms with Gasteiger partial charge in [-0.1, -0.05) is 37.3 Å². The number of fused-ring (bicyclic) bond motifs is 1. The van der Waals surface area contributed by atoms with E-state index >= 15 is 0 Å². The number of rotatable bonds is 4. The molecule has 1 aliphatic rings. The minimum Gasteiger partial charge on any atom is -0.497 e. The lowest BCUT2D eigenvalue weighted by Gasteiger charge is -2.32. The molecule has 0 saturated carbocycles. The van der Waals surface area contributed by atoms with Crippen molar-refractivity contribution in [1.82, 2.24) is 14.6 Å². The van der Waals surface area contributed by atoms with E-state index in [-0.39, 0.29) is 0 Å². The molecule has 1 fully saturated rings. The molecule has 1 saturated heterocycles. The summed E-state index contributed by atoms with van der Waals surface area (Å²) in [4.78, 5) is 7.40. The summed E-state index contributed by atoms with van der Waals surface area (Å²) in [6.07, 6.45) is 2.41. The minimum atomic E-state index is 0.777. The number of hydrogen-bond donors (Lipinski definition) is 0. The maximum absolute atomic E-state index is 5.29. The molecule has 3 heterocycles. The van der Waals surface area contributed by atoms with Crippen molar-refractivity contribution in [2.75, 3.05) is 25.1 Å². The molecule has 5 nitrogen and oxygen atoms in total. The maximum atomic E-state index is 5.29. The molecule has 0 atom stereocenters. The maximum Gasteiger partial charge on any atom is 0.158 e. The molecule has 0 amide bonds. The Balaban J connectivity index is 1.63. The first-order valence-electron chi connectivity index (χ1n) is 10.6. The zero-order valence-electron chi connectivity index (χ0n) is 17.5. The first-order valence-corrected chi connectivity index (χ1v) is 10.6. The van der Waals surface area contributed by atoms with E-state index in [1.165, 1.54) is 12.8 Å². The summed E-state index contributed by atoms with van der Waals surface area (Å²) in [7, 11) is 1.68. The fourth-order valence-corrected chi connectivity index (χ4v) is 4.08. The van der Waals surface area contributed by atoms with Gasteiger partial charge in [0, 0.05) is 36.3 Å². The number of piperidine rings is 1. The largest absolute Gasteiger partial charge is 0.497 e. The van der Waals surface area contributed by atoms with Gasteiger partial charge in [0.15, 0.2) is 5.65 Å². The Kier molecular flexibility index (Phi) is 4.87. The Morgan fingerprint density at radius 2 is 1.57 bits per heavy atom. The average Bonchev–Trinajstić information content (AvgIpc) is 3.24. The number of benzene rings is 2. The van der Waals surface area contributed by atoms with Gasteiger partial charge < -0.3 is 9.64 Å². The van der Waals surface area contributed by atoms with Crippen molar-refractivity contribution < 1.29 is 4.74 Å². The van der Waals surface area contributed by atoms with Gasteiger partial charge in [-0.25, -0.2) is 4.98 Å². The lowest BCUT2D eigenvalue weighted by molar-refractivity contribution is 0.415. The summed E-state index contributed by atoms with van der Waals surface area (Å²) >= 11 is 0. The van der Waals surface area contributed by atoms with E-state index in [4.69, 9.17) is 14.8 Å². The smallest absolute Gasteiger partial charge is 0.158 e. The minimum absolute atomic E-state index is 0.777. The Hall–Kier alpha value is -3.34. The molecule has 30 heavy (non-hydrogen) atoms. The molecular formula is C25H26N4O. The van der Waals surface area contributed by atoms with E-state index in [0.29, 0.717) is 0 Å². The number of aromatic nitrogens is 3. The van der Waals surface area contributed by atoms with Crippen LogP contribution in [0.25, 0.3) is 28.2 Å². The number of nitrogens with zero attached hydrogens (tertiary/aromatic N) is 4. The van der Waals surface area contributed by atoms with Gasteiger partial charge in [0.1, 0.15) is 11.6 Å². The molecule has 0 spiro atoms. The number of anilines is 1. The highest BCUT2D eigenvalue weighted by atomic mass is 16.5. The van der Waals surface area contributed by atoms with Crippen molar-refractivity contribution in [3.63, 3.8) is 0 Å². The molecule has 5 heteroatoms. The molecule has 0 bridgehead atoms. The van der Waals surface area contributed by atoms with Crippen LogP contribution in [-0.4, -0.2) is 34.8 Å². The number of ether oxygens (including phenoxy) is 1. The molecule has 152 valence electrons. The van der Waals surface area contributed by atoms with Crippen LogP contribution in [0.15, 0.2) is 66.7 Å². The predicted molar refractivity (Wildman–Crippen MR) is 121 cm³/mol. The van der Waals surface area contributed by atoms with Crippen LogP contribution in [0, 0.1) is 5.92 Å². The first-order chi connectivity index (χ1) is 14.7. The Morgan fingerprint density at radius 3 is 2.27 bits per heavy atom. The van der Waals surface area contributed by atoms with Gasteiger partial charge in [0.05, 0.1) is 18.5 Å². The lowest BCUT2D eigenvalue weighted by atomic mass is 9.99. The van der Waals surface area contributed by atoms with E-state index < -0.39 is 0 Å². The van der Waals surface area contributed by atoms with Crippen molar-refractivity contribution in [2.45, 2.75) is 19.8 Å². The van der Waals surface area contributed by atoms with E-state index in [1.807, 2.05) is 34.8 Å². The summed E-state index contributed by atoms with van der Waals surface area (Å²) < 4.78 is 7.29. The van der Waals surface area contributed by atoms with Gasteiger partial charge in [-0.2, -0.15) is 9.61 Å². The van der Waals surface area contributed by atoms with Crippen molar-refractivity contribution in [1.29, 1.82) is 0 Å². The van der Waals surface area contributed by atoms with Gasteiger partial charge >= 0.3 is 0 Å². The standard InChI is InChI=1S/C25H26N4O/c1-18-12-14-28(15-13-18)25-17-22(19-6-4-3-5-7-19)26-24-16-23(27-29(24)25)20-8-10-21(30-2)11-9-20/h3-11,16-18H,12-15H2,1-2H3. The van der Waals surface area contributed by atoms with Gasteiger partial charge in [-0.05, 0) is 43.0 Å². The fraction of sp³-hybridized carbons (Fsp3) is 0.280. The van der Waals surface area contributed by atoms with Crippen LogP contribution in [0.3, 0.4) is 0 Å². The van der Waals surface area contributed by atoms with Gasteiger partial charge in [-0.15, -0.1) is 0 Å². The Bertz CT molecular complexity index is 1140. The zero-order chi connectivity index (χ0) is 20.5. The highest BCUT2D eigenvalue weighted by Gasteiger charge is 2.21. The van der Waals surface area contributed by atoms with Gasteiger partial charge in [0.25, 0.3) is 0 Å². The summed E-state index contributed by atoms with van der Waals surface area (Å²) in [6.45, 7) is 4.43. The number of hydrogen-bond acceptors (Lipinski definition) is 4. The molecule has 0 N–H and O–H groups in total. The van der Waals surface area contributed by atoms with E-state index in [0.717, 1.165) is 58.7 Å². The molecule has 0 unspecified atom stereocenters. The van der Waals surface area contributed by atoms with Crippen molar-refractivity contribution in [3.8, 4) is 28.3 Å². The van der Waals surface area contributed by atoms with Crippen molar-refractivity contribution >= 4 is 11.5 Å². The van der Waals surface area contributed by atoms with Crippen LogP contribution >= 0.6 is 0 Å². The van der Waals surface area contributed by atoms with Gasteiger partial charge in [-0.3, -0.25) is 0 Å². The third kappa shape index (κ3) is 3.52. The summed E-state index contributed by atoms with van der Waals surface area (Å²) in [5.74, 6) is 2.74. The van der Waals surface area contributed by atoms with Crippen LogP contribution in [0.5, 0.6) is 5.75 Å². The van der Waals surface area contributed by atoms with Crippen LogP contribution in [0.1, 0.15) is 19.8 Å². The lowest BCUT2D eigenvalue weighted by Crippen LogP contribution is -2.34. The normalized spacial score (nSPS) is 14.9. The molecule has 2 aromatic heterocycles. The SMILES string of the molecule is COc1ccc(-c2cc3nc(-c4ccccc4)cc(N4CCC(C)CC4)n3n2)cc1. The Labute approximate surface area is 176 Å². The number of methoxy groups -OCH3 is 1. The van der Waals surface area contributed by atoms with Crippen LogP contribution < -0.4 is 9.64 Å². The molecule has 0 radical (unpaired) electrons. The van der Waals surface area contributed by atoms with Crippen molar-refractivity contribution in [3.05, 3.63) is 66.7 Å².